The SMILES string of the molecule is CC(C)CC(NC(=O)C(F)(F)C(F)(F)F)C(=O)N(C)C. The lowest BCUT2D eigenvalue weighted by molar-refractivity contribution is -0.270. The predicted molar refractivity (Wildman–Crippen MR) is 61.1 cm³/mol. The highest BCUT2D eigenvalue weighted by atomic mass is 19.4. The average molecular weight is 304 g/mol. The number of alkyl halides is 5. The van der Waals surface area contributed by atoms with Crippen LogP contribution in [0.5, 0.6) is 0 Å². The van der Waals surface area contributed by atoms with Crippen LogP contribution in [0.15, 0.2) is 0 Å². The zero-order chi connectivity index (χ0) is 16.3. The first-order valence-electron chi connectivity index (χ1n) is 5.77. The number of hydrogen-bond acceptors (Lipinski definition) is 2. The van der Waals surface area contributed by atoms with Crippen molar-refractivity contribution in [1.82, 2.24) is 10.2 Å². The van der Waals surface area contributed by atoms with Crippen molar-refractivity contribution in [3.63, 3.8) is 0 Å². The summed E-state index contributed by atoms with van der Waals surface area (Å²) in [4.78, 5) is 23.8. The Hall–Kier alpha value is -1.41. The van der Waals surface area contributed by atoms with E-state index in [1.54, 1.807) is 13.8 Å². The Morgan fingerprint density at radius 3 is 1.85 bits per heavy atom. The van der Waals surface area contributed by atoms with E-state index in [4.69, 9.17) is 0 Å². The number of hydrogen-bond donors (Lipinski definition) is 1. The summed E-state index contributed by atoms with van der Waals surface area (Å²) in [5.74, 6) is -8.98. The van der Waals surface area contributed by atoms with Crippen molar-refractivity contribution in [2.45, 2.75) is 38.4 Å². The minimum absolute atomic E-state index is 0.0449. The van der Waals surface area contributed by atoms with Gasteiger partial charge in [0.05, 0.1) is 0 Å². The molecule has 0 aliphatic carbocycles. The zero-order valence-electron chi connectivity index (χ0n) is 11.5. The molecular formula is C11H17F5N2O2. The molecule has 4 nitrogen and oxygen atoms in total. The van der Waals surface area contributed by atoms with Crippen LogP contribution >= 0.6 is 0 Å². The van der Waals surface area contributed by atoms with Crippen molar-refractivity contribution in [2.24, 2.45) is 5.92 Å². The number of carbonyl (C=O) groups is 2. The number of rotatable bonds is 5. The maximum atomic E-state index is 12.8. The molecule has 0 fully saturated rings. The average Bonchev–Trinajstić information content (AvgIpc) is 2.24. The van der Waals surface area contributed by atoms with Crippen LogP contribution in [0, 0.1) is 5.92 Å². The summed E-state index contributed by atoms with van der Waals surface area (Å²) in [5.41, 5.74) is 0. The second kappa shape index (κ2) is 6.36. The highest BCUT2D eigenvalue weighted by molar-refractivity contribution is 5.90. The highest BCUT2D eigenvalue weighted by Gasteiger charge is 2.63. The molecule has 2 amide bonds. The molecule has 20 heavy (non-hydrogen) atoms. The molecule has 0 aromatic heterocycles. The molecule has 1 N–H and O–H groups in total. The van der Waals surface area contributed by atoms with Crippen LogP contribution in [-0.2, 0) is 9.59 Å². The lowest BCUT2D eigenvalue weighted by Gasteiger charge is -2.26. The predicted octanol–water partition coefficient (Wildman–Crippen LogP) is 1.80. The summed E-state index contributed by atoms with van der Waals surface area (Å²) in [6.45, 7) is 3.29. The number of nitrogens with zero attached hydrogens (tertiary/aromatic N) is 1. The zero-order valence-corrected chi connectivity index (χ0v) is 11.5. The molecular weight excluding hydrogens is 287 g/mol. The molecule has 9 heteroatoms. The van der Waals surface area contributed by atoms with Gasteiger partial charge < -0.3 is 10.2 Å². The topological polar surface area (TPSA) is 49.4 Å². The van der Waals surface area contributed by atoms with E-state index in [1.807, 2.05) is 0 Å². The number of carbonyl (C=O) groups excluding carboxylic acids is 2. The molecule has 0 heterocycles. The Kier molecular flexibility index (Phi) is 5.91. The monoisotopic (exact) mass is 304 g/mol. The molecule has 1 unspecified atom stereocenters. The Morgan fingerprint density at radius 1 is 1.10 bits per heavy atom. The van der Waals surface area contributed by atoms with Crippen LogP contribution in [0.2, 0.25) is 0 Å². The molecule has 0 radical (unpaired) electrons. The van der Waals surface area contributed by atoms with E-state index < -0.39 is 30.0 Å². The molecule has 118 valence electrons. The van der Waals surface area contributed by atoms with Crippen LogP contribution in [-0.4, -0.2) is 49.0 Å². The Morgan fingerprint density at radius 2 is 1.55 bits per heavy atom. The first kappa shape index (κ1) is 18.6. The van der Waals surface area contributed by atoms with E-state index in [1.165, 1.54) is 19.4 Å². The van der Waals surface area contributed by atoms with Gasteiger partial charge in [-0.15, -0.1) is 0 Å². The summed E-state index contributed by atoms with van der Waals surface area (Å²) in [5, 5.41) is 1.48. The third-order valence-electron chi connectivity index (χ3n) is 2.39. The first-order valence-corrected chi connectivity index (χ1v) is 5.77. The number of halogens is 5. The van der Waals surface area contributed by atoms with Crippen molar-refractivity contribution in [2.75, 3.05) is 14.1 Å². The highest BCUT2D eigenvalue weighted by Crippen LogP contribution is 2.35. The number of amides is 2. The van der Waals surface area contributed by atoms with Crippen LogP contribution in [0.25, 0.3) is 0 Å². The molecule has 0 saturated carbocycles. The second-order valence-electron chi connectivity index (χ2n) is 4.96. The summed E-state index contributed by atoms with van der Waals surface area (Å²) in [6.07, 6.45) is -6.04. The molecule has 0 saturated heterocycles. The van der Waals surface area contributed by atoms with E-state index in [0.717, 1.165) is 4.90 Å². The van der Waals surface area contributed by atoms with Gasteiger partial charge in [0.2, 0.25) is 5.91 Å². The Balaban J connectivity index is 5.09. The maximum absolute atomic E-state index is 12.8. The van der Waals surface area contributed by atoms with Gasteiger partial charge in [-0.25, -0.2) is 0 Å². The van der Waals surface area contributed by atoms with Crippen LogP contribution in [0.3, 0.4) is 0 Å². The first-order chi connectivity index (χ1) is 8.80. The fraction of sp³-hybridized carbons (Fsp3) is 0.818. The van der Waals surface area contributed by atoms with Crippen LogP contribution in [0.1, 0.15) is 20.3 Å². The fourth-order valence-electron chi connectivity index (χ4n) is 1.38. The lowest BCUT2D eigenvalue weighted by atomic mass is 10.0. The third kappa shape index (κ3) is 4.61. The quantitative estimate of drug-likeness (QED) is 0.788. The van der Waals surface area contributed by atoms with E-state index in [0.29, 0.717) is 0 Å². The Bertz CT molecular complexity index is 366. The van der Waals surface area contributed by atoms with E-state index in [-0.39, 0.29) is 12.3 Å². The van der Waals surface area contributed by atoms with Gasteiger partial charge in [0.15, 0.2) is 0 Å². The molecule has 0 rings (SSSR count). The lowest BCUT2D eigenvalue weighted by Crippen LogP contribution is -2.56. The molecule has 0 spiro atoms. The third-order valence-corrected chi connectivity index (χ3v) is 2.39. The minimum atomic E-state index is -6.00. The van der Waals surface area contributed by atoms with Gasteiger partial charge in [-0.1, -0.05) is 13.8 Å². The molecule has 1 atom stereocenters. The number of nitrogens with one attached hydrogen (secondary N) is 1. The van der Waals surface area contributed by atoms with Crippen molar-refractivity contribution < 1.29 is 31.5 Å². The summed E-state index contributed by atoms with van der Waals surface area (Å²) < 4.78 is 61.8. The molecule has 0 bridgehead atoms. The van der Waals surface area contributed by atoms with Crippen LogP contribution in [0.4, 0.5) is 22.0 Å². The number of likely N-dealkylation sites (N-methyl/N-ethyl adjacent to an activating group) is 1. The van der Waals surface area contributed by atoms with Crippen molar-refractivity contribution in [3.8, 4) is 0 Å². The van der Waals surface area contributed by atoms with Gasteiger partial charge in [-0.3, -0.25) is 9.59 Å². The van der Waals surface area contributed by atoms with E-state index in [2.05, 4.69) is 0 Å². The summed E-state index contributed by atoms with van der Waals surface area (Å²) in [7, 11) is 2.62. The summed E-state index contributed by atoms with van der Waals surface area (Å²) in [6, 6.07) is -1.43. The summed E-state index contributed by atoms with van der Waals surface area (Å²) >= 11 is 0. The molecule has 0 aromatic carbocycles. The van der Waals surface area contributed by atoms with Gasteiger partial charge in [0.25, 0.3) is 0 Å². The second-order valence-corrected chi connectivity index (χ2v) is 4.96. The van der Waals surface area contributed by atoms with Crippen LogP contribution < -0.4 is 5.32 Å². The standard InChI is InChI=1S/C11H17F5N2O2/c1-6(2)5-7(8(19)18(3)4)17-9(20)10(12,13)11(14,15)16/h6-7H,5H2,1-4H3,(H,17,20). The molecule has 0 aromatic rings. The fourth-order valence-corrected chi connectivity index (χ4v) is 1.38. The molecule has 0 aliphatic rings. The van der Waals surface area contributed by atoms with Gasteiger partial charge in [0, 0.05) is 14.1 Å². The molecule has 0 aliphatic heterocycles. The minimum Gasteiger partial charge on any atom is -0.347 e. The van der Waals surface area contributed by atoms with Crippen molar-refractivity contribution >= 4 is 11.8 Å². The van der Waals surface area contributed by atoms with Gasteiger partial charge in [-0.2, -0.15) is 22.0 Å². The van der Waals surface area contributed by atoms with E-state index in [9.17, 15) is 31.5 Å². The van der Waals surface area contributed by atoms with E-state index >= 15 is 0 Å². The van der Waals surface area contributed by atoms with Gasteiger partial charge >= 0.3 is 18.0 Å². The smallest absolute Gasteiger partial charge is 0.347 e. The van der Waals surface area contributed by atoms with Crippen molar-refractivity contribution in [1.29, 1.82) is 0 Å². The van der Waals surface area contributed by atoms with Gasteiger partial charge in [-0.05, 0) is 12.3 Å². The normalized spacial score (nSPS) is 14.1. The Labute approximate surface area is 113 Å². The van der Waals surface area contributed by atoms with Gasteiger partial charge in [0.1, 0.15) is 6.04 Å². The maximum Gasteiger partial charge on any atom is 0.463 e. The van der Waals surface area contributed by atoms with Crippen molar-refractivity contribution in [3.05, 3.63) is 0 Å². The largest absolute Gasteiger partial charge is 0.463 e.